The number of hydrogen-bond donors (Lipinski definition) is 3. The van der Waals surface area contributed by atoms with Crippen LogP contribution in [0.3, 0.4) is 0 Å². The second-order valence-electron chi connectivity index (χ2n) is 4.82. The fourth-order valence-electron chi connectivity index (χ4n) is 1.66. The van der Waals surface area contributed by atoms with Crippen LogP contribution in [0.15, 0.2) is 18.2 Å². The number of nitrogens with two attached hydrogens (primary N) is 1. The molecule has 0 heterocycles. The van der Waals surface area contributed by atoms with E-state index >= 15 is 0 Å². The maximum Gasteiger partial charge on any atom is 0.248 e. The Balaban J connectivity index is 2.39. The Morgan fingerprint density at radius 1 is 1.35 bits per heavy atom. The van der Waals surface area contributed by atoms with E-state index in [1.54, 1.807) is 18.2 Å². The van der Waals surface area contributed by atoms with Gasteiger partial charge in [-0.05, 0) is 31.5 Å². The molecule has 2 amide bonds. The maximum atomic E-state index is 11.4. The molecule has 0 spiro atoms. The van der Waals surface area contributed by atoms with Crippen LogP contribution in [0.5, 0.6) is 0 Å². The van der Waals surface area contributed by atoms with E-state index in [0.717, 1.165) is 5.56 Å². The van der Waals surface area contributed by atoms with Gasteiger partial charge >= 0.3 is 0 Å². The normalized spacial score (nSPS) is 10.6. The monoisotopic (exact) mass is 297 g/mol. The molecule has 0 radical (unpaired) electrons. The van der Waals surface area contributed by atoms with Crippen molar-refractivity contribution in [1.29, 1.82) is 0 Å². The second kappa shape index (κ2) is 7.87. The first kappa shape index (κ1) is 16.5. The third kappa shape index (κ3) is 5.59. The van der Waals surface area contributed by atoms with Crippen molar-refractivity contribution in [3.63, 3.8) is 0 Å². The SMILES string of the molecule is CC(C)NC(=O)CCNCc1ccc(C(N)=O)cc1Cl. The molecule has 4 N–H and O–H groups in total. The fraction of sp³-hybridized carbons (Fsp3) is 0.429. The highest BCUT2D eigenvalue weighted by Gasteiger charge is 2.06. The summed E-state index contributed by atoms with van der Waals surface area (Å²) in [6, 6.07) is 5.09. The van der Waals surface area contributed by atoms with Crippen molar-refractivity contribution in [2.45, 2.75) is 32.9 Å². The summed E-state index contributed by atoms with van der Waals surface area (Å²) in [4.78, 5) is 22.4. The summed E-state index contributed by atoms with van der Waals surface area (Å²) in [5, 5.41) is 6.44. The molecule has 5 nitrogen and oxygen atoms in total. The lowest BCUT2D eigenvalue weighted by atomic mass is 10.1. The largest absolute Gasteiger partial charge is 0.366 e. The lowest BCUT2D eigenvalue weighted by Gasteiger charge is -2.10. The molecule has 0 saturated carbocycles. The quantitative estimate of drug-likeness (QED) is 0.666. The summed E-state index contributed by atoms with van der Waals surface area (Å²) in [6.45, 7) is 4.94. The highest BCUT2D eigenvalue weighted by molar-refractivity contribution is 6.31. The van der Waals surface area contributed by atoms with Gasteiger partial charge in [-0.15, -0.1) is 0 Å². The topological polar surface area (TPSA) is 84.2 Å². The Kier molecular flexibility index (Phi) is 6.48. The third-order valence-electron chi connectivity index (χ3n) is 2.63. The minimum atomic E-state index is -0.503. The van der Waals surface area contributed by atoms with Crippen LogP contribution in [-0.4, -0.2) is 24.4 Å². The molecule has 0 unspecified atom stereocenters. The number of carbonyl (C=O) groups is 2. The molecule has 110 valence electrons. The van der Waals surface area contributed by atoms with E-state index in [-0.39, 0.29) is 11.9 Å². The van der Waals surface area contributed by atoms with Gasteiger partial charge in [-0.25, -0.2) is 0 Å². The number of halogens is 1. The molecular formula is C14H20ClN3O2. The highest BCUT2D eigenvalue weighted by atomic mass is 35.5. The third-order valence-corrected chi connectivity index (χ3v) is 2.98. The van der Waals surface area contributed by atoms with Crippen LogP contribution in [0.25, 0.3) is 0 Å². The van der Waals surface area contributed by atoms with Crippen molar-refractivity contribution in [2.24, 2.45) is 5.73 Å². The van der Waals surface area contributed by atoms with Gasteiger partial charge < -0.3 is 16.4 Å². The van der Waals surface area contributed by atoms with Gasteiger partial charge in [0.25, 0.3) is 0 Å². The molecular weight excluding hydrogens is 278 g/mol. The molecule has 1 rings (SSSR count). The molecule has 6 heteroatoms. The van der Waals surface area contributed by atoms with Gasteiger partial charge in [0.2, 0.25) is 11.8 Å². The number of nitrogens with one attached hydrogen (secondary N) is 2. The molecule has 0 bridgehead atoms. The van der Waals surface area contributed by atoms with Crippen LogP contribution in [0, 0.1) is 0 Å². The predicted molar refractivity (Wildman–Crippen MR) is 79.6 cm³/mol. The minimum absolute atomic E-state index is 0.0164. The number of amides is 2. The molecule has 1 aromatic carbocycles. The molecule has 0 aromatic heterocycles. The molecule has 0 fully saturated rings. The van der Waals surface area contributed by atoms with E-state index in [4.69, 9.17) is 17.3 Å². The molecule has 0 atom stereocenters. The van der Waals surface area contributed by atoms with Crippen LogP contribution in [-0.2, 0) is 11.3 Å². The van der Waals surface area contributed by atoms with Crippen molar-refractivity contribution in [1.82, 2.24) is 10.6 Å². The number of hydrogen-bond acceptors (Lipinski definition) is 3. The zero-order chi connectivity index (χ0) is 15.1. The Labute approximate surface area is 123 Å². The maximum absolute atomic E-state index is 11.4. The van der Waals surface area contributed by atoms with Gasteiger partial charge in [0.05, 0.1) is 0 Å². The average Bonchev–Trinajstić information content (AvgIpc) is 2.35. The Bertz CT molecular complexity index is 489. The number of benzene rings is 1. The molecule has 0 aliphatic carbocycles. The molecule has 1 aromatic rings. The lowest BCUT2D eigenvalue weighted by Crippen LogP contribution is -2.32. The van der Waals surface area contributed by atoms with E-state index in [1.807, 2.05) is 13.8 Å². The van der Waals surface area contributed by atoms with Crippen LogP contribution >= 0.6 is 11.6 Å². The minimum Gasteiger partial charge on any atom is -0.366 e. The first-order valence-electron chi connectivity index (χ1n) is 6.48. The van der Waals surface area contributed by atoms with E-state index in [1.165, 1.54) is 0 Å². The second-order valence-corrected chi connectivity index (χ2v) is 5.23. The van der Waals surface area contributed by atoms with Crippen LogP contribution < -0.4 is 16.4 Å². The Morgan fingerprint density at radius 2 is 2.05 bits per heavy atom. The van der Waals surface area contributed by atoms with Gasteiger partial charge in [-0.1, -0.05) is 17.7 Å². The van der Waals surface area contributed by atoms with Gasteiger partial charge in [-0.3, -0.25) is 9.59 Å². The predicted octanol–water partition coefficient (Wildman–Crippen LogP) is 1.44. The molecule has 20 heavy (non-hydrogen) atoms. The summed E-state index contributed by atoms with van der Waals surface area (Å²) in [7, 11) is 0. The molecule has 0 aliphatic rings. The van der Waals surface area contributed by atoms with E-state index in [0.29, 0.717) is 30.1 Å². The number of primary amides is 1. The number of carbonyl (C=O) groups excluding carboxylic acids is 2. The van der Waals surface area contributed by atoms with Crippen LogP contribution in [0.4, 0.5) is 0 Å². The Hall–Kier alpha value is -1.59. The zero-order valence-corrected chi connectivity index (χ0v) is 12.5. The van der Waals surface area contributed by atoms with E-state index < -0.39 is 5.91 Å². The van der Waals surface area contributed by atoms with Gasteiger partial charge in [0.15, 0.2) is 0 Å². The zero-order valence-electron chi connectivity index (χ0n) is 11.7. The summed E-state index contributed by atoms with van der Waals surface area (Å²) >= 11 is 6.06. The van der Waals surface area contributed by atoms with Crippen molar-refractivity contribution in [3.8, 4) is 0 Å². The van der Waals surface area contributed by atoms with Crippen LogP contribution in [0.1, 0.15) is 36.2 Å². The summed E-state index contributed by atoms with van der Waals surface area (Å²) in [6.07, 6.45) is 0.412. The molecule has 0 saturated heterocycles. The van der Waals surface area contributed by atoms with Gasteiger partial charge in [-0.2, -0.15) is 0 Å². The van der Waals surface area contributed by atoms with Crippen molar-refractivity contribution < 1.29 is 9.59 Å². The standard InChI is InChI=1S/C14H20ClN3O2/c1-9(2)18-13(19)5-6-17-8-11-4-3-10(14(16)20)7-12(11)15/h3-4,7,9,17H,5-6,8H2,1-2H3,(H2,16,20)(H,18,19). The van der Waals surface area contributed by atoms with Crippen molar-refractivity contribution in [2.75, 3.05) is 6.54 Å². The van der Waals surface area contributed by atoms with Gasteiger partial charge in [0, 0.05) is 36.1 Å². The molecule has 0 aliphatic heterocycles. The van der Waals surface area contributed by atoms with Crippen molar-refractivity contribution in [3.05, 3.63) is 34.3 Å². The average molecular weight is 298 g/mol. The first-order chi connectivity index (χ1) is 9.40. The Morgan fingerprint density at radius 3 is 2.60 bits per heavy atom. The van der Waals surface area contributed by atoms with E-state index in [2.05, 4.69) is 10.6 Å². The summed E-state index contributed by atoms with van der Waals surface area (Å²) < 4.78 is 0. The van der Waals surface area contributed by atoms with E-state index in [9.17, 15) is 9.59 Å². The lowest BCUT2D eigenvalue weighted by molar-refractivity contribution is -0.121. The highest BCUT2D eigenvalue weighted by Crippen LogP contribution is 2.17. The fourth-order valence-corrected chi connectivity index (χ4v) is 1.91. The smallest absolute Gasteiger partial charge is 0.248 e. The number of rotatable bonds is 7. The summed E-state index contributed by atoms with van der Waals surface area (Å²) in [5.41, 5.74) is 6.42. The summed E-state index contributed by atoms with van der Waals surface area (Å²) in [5.74, 6) is -0.487. The van der Waals surface area contributed by atoms with Crippen molar-refractivity contribution >= 4 is 23.4 Å². The van der Waals surface area contributed by atoms with Gasteiger partial charge in [0.1, 0.15) is 0 Å². The van der Waals surface area contributed by atoms with Crippen LogP contribution in [0.2, 0.25) is 5.02 Å². The first-order valence-corrected chi connectivity index (χ1v) is 6.86.